The molecular formula is C14H25N5O. The van der Waals surface area contributed by atoms with Crippen molar-refractivity contribution in [1.29, 1.82) is 0 Å². The van der Waals surface area contributed by atoms with E-state index in [4.69, 9.17) is 10.6 Å². The summed E-state index contributed by atoms with van der Waals surface area (Å²) >= 11 is 0. The highest BCUT2D eigenvalue weighted by Gasteiger charge is 2.44. The minimum absolute atomic E-state index is 0.223. The van der Waals surface area contributed by atoms with E-state index in [0.717, 1.165) is 25.2 Å². The van der Waals surface area contributed by atoms with E-state index in [9.17, 15) is 0 Å². The number of rotatable bonds is 6. The summed E-state index contributed by atoms with van der Waals surface area (Å²) in [5.41, 5.74) is 2.99. The number of nitrogens with one attached hydrogen (secondary N) is 1. The van der Waals surface area contributed by atoms with Gasteiger partial charge in [0.1, 0.15) is 12.2 Å². The molecule has 2 aliphatic rings. The Bertz CT molecular complexity index is 447. The van der Waals surface area contributed by atoms with Crippen molar-refractivity contribution in [3.05, 3.63) is 12.2 Å². The van der Waals surface area contributed by atoms with Gasteiger partial charge >= 0.3 is 0 Å². The lowest BCUT2D eigenvalue weighted by atomic mass is 9.82. The molecule has 2 aliphatic heterocycles. The molecule has 4 unspecified atom stereocenters. The smallest absolute Gasteiger partial charge is 0.138 e. The summed E-state index contributed by atoms with van der Waals surface area (Å²) in [5, 5.41) is 4.32. The van der Waals surface area contributed by atoms with Crippen molar-refractivity contribution in [2.24, 2.45) is 17.7 Å². The number of nitrogens with zero attached hydrogens (tertiary/aromatic N) is 3. The molecule has 6 nitrogen and oxygen atoms in total. The zero-order valence-electron chi connectivity index (χ0n) is 12.3. The van der Waals surface area contributed by atoms with Gasteiger partial charge in [-0.15, -0.1) is 0 Å². The number of aromatic nitrogens is 3. The number of hydrogen-bond acceptors (Lipinski definition) is 5. The fraction of sp³-hybridized carbons (Fsp3) is 0.857. The Morgan fingerprint density at radius 3 is 2.95 bits per heavy atom. The largest absolute Gasteiger partial charge is 0.375 e. The number of nitrogens with two attached hydrogens (primary N) is 1. The number of hydrazine groups is 1. The first-order chi connectivity index (χ1) is 9.67. The molecule has 20 heavy (non-hydrogen) atoms. The summed E-state index contributed by atoms with van der Waals surface area (Å²) in [6.07, 6.45) is 6.80. The Morgan fingerprint density at radius 2 is 2.35 bits per heavy atom. The van der Waals surface area contributed by atoms with Crippen LogP contribution in [-0.4, -0.2) is 33.0 Å². The van der Waals surface area contributed by atoms with Gasteiger partial charge in [0.2, 0.25) is 0 Å². The molecule has 4 atom stereocenters. The molecule has 0 aliphatic carbocycles. The first-order valence-corrected chi connectivity index (χ1v) is 7.65. The molecule has 2 fully saturated rings. The predicted molar refractivity (Wildman–Crippen MR) is 75.7 cm³/mol. The average molecular weight is 279 g/mol. The van der Waals surface area contributed by atoms with Gasteiger partial charge in [-0.1, -0.05) is 13.8 Å². The summed E-state index contributed by atoms with van der Waals surface area (Å²) in [6.45, 7) is 5.28. The molecule has 112 valence electrons. The highest BCUT2D eigenvalue weighted by Crippen LogP contribution is 2.40. The van der Waals surface area contributed by atoms with E-state index in [1.165, 1.54) is 12.8 Å². The first-order valence-electron chi connectivity index (χ1n) is 7.65. The lowest BCUT2D eigenvalue weighted by molar-refractivity contribution is 0.0854. The molecule has 0 amide bonds. The van der Waals surface area contributed by atoms with Gasteiger partial charge in [-0.3, -0.25) is 11.3 Å². The highest BCUT2D eigenvalue weighted by atomic mass is 16.5. The van der Waals surface area contributed by atoms with Gasteiger partial charge in [-0.2, -0.15) is 5.10 Å². The molecule has 0 radical (unpaired) electrons. The monoisotopic (exact) mass is 279 g/mol. The summed E-state index contributed by atoms with van der Waals surface area (Å²) in [5.74, 6) is 7.87. The van der Waals surface area contributed by atoms with Crippen LogP contribution in [0, 0.1) is 11.8 Å². The third-order valence-electron chi connectivity index (χ3n) is 4.52. The van der Waals surface area contributed by atoms with Gasteiger partial charge in [-0.25, -0.2) is 9.67 Å². The number of hydrogen-bond donors (Lipinski definition) is 2. The van der Waals surface area contributed by atoms with Crippen molar-refractivity contribution in [3.63, 3.8) is 0 Å². The molecular weight excluding hydrogens is 254 g/mol. The zero-order valence-corrected chi connectivity index (χ0v) is 12.3. The fourth-order valence-corrected chi connectivity index (χ4v) is 3.58. The van der Waals surface area contributed by atoms with E-state index in [1.54, 1.807) is 6.33 Å². The average Bonchev–Trinajstić information content (AvgIpc) is 3.11. The summed E-state index contributed by atoms with van der Waals surface area (Å²) < 4.78 is 7.95. The van der Waals surface area contributed by atoms with Crippen LogP contribution in [0.1, 0.15) is 38.9 Å². The molecule has 3 heterocycles. The minimum Gasteiger partial charge on any atom is -0.375 e. The molecule has 0 spiro atoms. The Balaban J connectivity index is 1.67. The van der Waals surface area contributed by atoms with Crippen LogP contribution in [0.4, 0.5) is 0 Å². The highest BCUT2D eigenvalue weighted by molar-refractivity contribution is 4.99. The standard InChI is InChI=1S/C14H25N5O/c1-9(2)7-19-14(16-8-17-19)6-12(18-15)11-5-10-3-4-13(11)20-10/h8-13,18H,3-7,15H2,1-2H3. The maximum atomic E-state index is 5.94. The van der Waals surface area contributed by atoms with Gasteiger partial charge in [-0.05, 0) is 25.2 Å². The van der Waals surface area contributed by atoms with Crippen LogP contribution >= 0.6 is 0 Å². The van der Waals surface area contributed by atoms with Crippen molar-refractivity contribution >= 4 is 0 Å². The molecule has 0 saturated carbocycles. The summed E-state index contributed by atoms with van der Waals surface area (Å²) in [6, 6.07) is 0.223. The van der Waals surface area contributed by atoms with Gasteiger partial charge in [0.15, 0.2) is 0 Å². The maximum absolute atomic E-state index is 5.94. The van der Waals surface area contributed by atoms with E-state index in [-0.39, 0.29) is 6.04 Å². The van der Waals surface area contributed by atoms with E-state index >= 15 is 0 Å². The summed E-state index contributed by atoms with van der Waals surface area (Å²) in [4.78, 5) is 4.41. The number of ether oxygens (including phenoxy) is 1. The zero-order chi connectivity index (χ0) is 14.1. The molecule has 2 bridgehead atoms. The molecule has 3 rings (SSSR count). The van der Waals surface area contributed by atoms with Crippen molar-refractivity contribution in [2.45, 2.75) is 64.3 Å². The van der Waals surface area contributed by atoms with Crippen LogP contribution in [0.3, 0.4) is 0 Å². The van der Waals surface area contributed by atoms with Crippen LogP contribution in [-0.2, 0) is 17.7 Å². The topological polar surface area (TPSA) is 78.0 Å². The molecule has 1 aromatic rings. The second kappa shape index (κ2) is 5.79. The summed E-state index contributed by atoms with van der Waals surface area (Å²) in [7, 11) is 0. The maximum Gasteiger partial charge on any atom is 0.138 e. The predicted octanol–water partition coefficient (Wildman–Crippen LogP) is 0.876. The van der Waals surface area contributed by atoms with E-state index < -0.39 is 0 Å². The first kappa shape index (κ1) is 14.0. The van der Waals surface area contributed by atoms with E-state index in [0.29, 0.717) is 24.0 Å². The lowest BCUT2D eigenvalue weighted by Crippen LogP contribution is -2.46. The fourth-order valence-electron chi connectivity index (χ4n) is 3.58. The van der Waals surface area contributed by atoms with Crippen molar-refractivity contribution < 1.29 is 4.74 Å². The Kier molecular flexibility index (Phi) is 4.05. The van der Waals surface area contributed by atoms with Crippen LogP contribution in [0.15, 0.2) is 6.33 Å². The Hall–Kier alpha value is -0.980. The van der Waals surface area contributed by atoms with Gasteiger partial charge in [0.25, 0.3) is 0 Å². The van der Waals surface area contributed by atoms with Crippen molar-refractivity contribution in [1.82, 2.24) is 20.2 Å². The minimum atomic E-state index is 0.223. The molecule has 0 aromatic carbocycles. The normalized spacial score (nSPS) is 30.3. The second-order valence-corrected chi connectivity index (χ2v) is 6.50. The molecule has 2 saturated heterocycles. The molecule has 6 heteroatoms. The number of fused-ring (bicyclic) bond motifs is 2. The van der Waals surface area contributed by atoms with Crippen molar-refractivity contribution in [2.75, 3.05) is 0 Å². The van der Waals surface area contributed by atoms with Crippen LogP contribution in [0.5, 0.6) is 0 Å². The third kappa shape index (κ3) is 2.73. The van der Waals surface area contributed by atoms with Crippen LogP contribution in [0.2, 0.25) is 0 Å². The Labute approximate surface area is 120 Å². The second-order valence-electron chi connectivity index (χ2n) is 6.50. The van der Waals surface area contributed by atoms with Gasteiger partial charge in [0, 0.05) is 24.9 Å². The molecule has 1 aromatic heterocycles. The Morgan fingerprint density at radius 1 is 1.50 bits per heavy atom. The van der Waals surface area contributed by atoms with Crippen LogP contribution < -0.4 is 11.3 Å². The van der Waals surface area contributed by atoms with E-state index in [1.807, 2.05) is 4.68 Å². The van der Waals surface area contributed by atoms with Gasteiger partial charge < -0.3 is 4.74 Å². The molecule has 3 N–H and O–H groups in total. The SMILES string of the molecule is CC(C)Cn1ncnc1CC(NN)C1CC2CCC1O2. The third-order valence-corrected chi connectivity index (χ3v) is 4.52. The quantitative estimate of drug-likeness (QED) is 0.597. The van der Waals surface area contributed by atoms with Crippen LogP contribution in [0.25, 0.3) is 0 Å². The van der Waals surface area contributed by atoms with Gasteiger partial charge in [0.05, 0.1) is 12.2 Å². The van der Waals surface area contributed by atoms with Crippen molar-refractivity contribution in [3.8, 4) is 0 Å². The lowest BCUT2D eigenvalue weighted by Gasteiger charge is -2.27. The van der Waals surface area contributed by atoms with E-state index in [2.05, 4.69) is 29.4 Å².